The van der Waals surface area contributed by atoms with Crippen LogP contribution in [-0.4, -0.2) is 13.7 Å². The van der Waals surface area contributed by atoms with Crippen molar-refractivity contribution in [3.05, 3.63) is 16.7 Å². The van der Waals surface area contributed by atoms with Gasteiger partial charge < -0.3 is 15.2 Å². The molecule has 3 nitrogen and oxygen atoms in total. The van der Waals surface area contributed by atoms with Crippen molar-refractivity contribution in [3.8, 4) is 11.5 Å². The normalized spacial score (nSPS) is 13.6. The summed E-state index contributed by atoms with van der Waals surface area (Å²) < 4.78 is 10.9. The fourth-order valence-corrected chi connectivity index (χ4v) is 1.95. The van der Waals surface area contributed by atoms with Crippen molar-refractivity contribution in [2.75, 3.05) is 19.5 Å². The first-order chi connectivity index (χ1) is 6.66. The highest BCUT2D eigenvalue weighted by Crippen LogP contribution is 2.43. The van der Waals surface area contributed by atoms with Crippen LogP contribution >= 0.6 is 0 Å². The number of hydrogen-bond acceptors (Lipinski definition) is 3. The second kappa shape index (κ2) is 3.08. The maximum Gasteiger partial charge on any atom is 0.149 e. The Morgan fingerprint density at radius 3 is 2.64 bits per heavy atom. The largest absolute Gasteiger partial charge is 0.494 e. The Hall–Kier alpha value is -1.38. The van der Waals surface area contributed by atoms with Crippen molar-refractivity contribution in [3.63, 3.8) is 0 Å². The van der Waals surface area contributed by atoms with Crippen molar-refractivity contribution in [2.45, 2.75) is 20.3 Å². The van der Waals surface area contributed by atoms with E-state index in [4.69, 9.17) is 15.2 Å². The second-order valence-corrected chi connectivity index (χ2v) is 3.60. The van der Waals surface area contributed by atoms with Crippen LogP contribution in [0.25, 0.3) is 0 Å². The van der Waals surface area contributed by atoms with Crippen LogP contribution in [0.4, 0.5) is 5.69 Å². The number of nitrogen functional groups attached to an aromatic ring is 1. The molecular formula is C11H15NO2. The van der Waals surface area contributed by atoms with Gasteiger partial charge in [0.05, 0.1) is 19.4 Å². The SMILES string of the molecule is COc1c(N)c(C)c(C)c2c1CCO2. The predicted molar refractivity (Wildman–Crippen MR) is 56.1 cm³/mol. The van der Waals surface area contributed by atoms with Gasteiger partial charge in [0.25, 0.3) is 0 Å². The monoisotopic (exact) mass is 193 g/mol. The van der Waals surface area contributed by atoms with Crippen molar-refractivity contribution >= 4 is 5.69 Å². The smallest absolute Gasteiger partial charge is 0.149 e. The van der Waals surface area contributed by atoms with E-state index in [1.807, 2.05) is 13.8 Å². The van der Waals surface area contributed by atoms with Crippen LogP contribution in [0, 0.1) is 13.8 Å². The number of hydrogen-bond donors (Lipinski definition) is 1. The van der Waals surface area contributed by atoms with E-state index in [0.717, 1.165) is 46.9 Å². The van der Waals surface area contributed by atoms with Gasteiger partial charge in [0.2, 0.25) is 0 Å². The van der Waals surface area contributed by atoms with Gasteiger partial charge in [-0.1, -0.05) is 0 Å². The first-order valence-corrected chi connectivity index (χ1v) is 4.75. The molecule has 0 aromatic heterocycles. The van der Waals surface area contributed by atoms with Crippen LogP contribution in [0.5, 0.6) is 11.5 Å². The van der Waals surface area contributed by atoms with E-state index >= 15 is 0 Å². The maximum atomic E-state index is 5.99. The Bertz CT molecular complexity index is 386. The molecule has 1 aliphatic rings. The van der Waals surface area contributed by atoms with Gasteiger partial charge in [-0.05, 0) is 25.0 Å². The molecule has 0 saturated heterocycles. The number of fused-ring (bicyclic) bond motifs is 1. The number of nitrogens with two attached hydrogens (primary N) is 1. The summed E-state index contributed by atoms with van der Waals surface area (Å²) in [4.78, 5) is 0. The van der Waals surface area contributed by atoms with Crippen LogP contribution in [0.3, 0.4) is 0 Å². The standard InChI is InChI=1S/C11H15NO2/c1-6-7(2)10-8(4-5-14-10)11(13-3)9(6)12/h4-5,12H2,1-3H3. The van der Waals surface area contributed by atoms with E-state index in [2.05, 4.69) is 0 Å². The summed E-state index contributed by atoms with van der Waals surface area (Å²) in [5.74, 6) is 1.76. The number of anilines is 1. The summed E-state index contributed by atoms with van der Waals surface area (Å²) in [6, 6.07) is 0. The minimum Gasteiger partial charge on any atom is -0.494 e. The zero-order chi connectivity index (χ0) is 10.3. The third-order valence-electron chi connectivity index (χ3n) is 2.90. The Morgan fingerprint density at radius 1 is 1.29 bits per heavy atom. The van der Waals surface area contributed by atoms with Crippen LogP contribution < -0.4 is 15.2 Å². The number of benzene rings is 1. The van der Waals surface area contributed by atoms with E-state index in [1.54, 1.807) is 7.11 Å². The molecule has 1 aliphatic heterocycles. The highest BCUT2D eigenvalue weighted by atomic mass is 16.5. The molecule has 2 rings (SSSR count). The molecule has 0 unspecified atom stereocenters. The maximum absolute atomic E-state index is 5.99. The molecule has 0 aliphatic carbocycles. The summed E-state index contributed by atoms with van der Waals surface area (Å²) in [6.07, 6.45) is 0.893. The van der Waals surface area contributed by atoms with E-state index in [-0.39, 0.29) is 0 Å². The van der Waals surface area contributed by atoms with Crippen molar-refractivity contribution < 1.29 is 9.47 Å². The lowest BCUT2D eigenvalue weighted by Gasteiger charge is -2.15. The summed E-state index contributed by atoms with van der Waals surface area (Å²) in [5, 5.41) is 0. The molecule has 3 heteroatoms. The highest BCUT2D eigenvalue weighted by molar-refractivity contribution is 5.70. The van der Waals surface area contributed by atoms with Crippen LogP contribution in [0.15, 0.2) is 0 Å². The second-order valence-electron chi connectivity index (χ2n) is 3.60. The van der Waals surface area contributed by atoms with Gasteiger partial charge in [0, 0.05) is 12.0 Å². The number of rotatable bonds is 1. The molecule has 0 spiro atoms. The Balaban J connectivity index is 2.74. The molecule has 0 bridgehead atoms. The molecule has 0 amide bonds. The molecule has 2 N–H and O–H groups in total. The van der Waals surface area contributed by atoms with Gasteiger partial charge in [-0.15, -0.1) is 0 Å². The molecule has 14 heavy (non-hydrogen) atoms. The fraction of sp³-hybridized carbons (Fsp3) is 0.455. The molecule has 1 aromatic carbocycles. The van der Waals surface area contributed by atoms with E-state index in [9.17, 15) is 0 Å². The molecule has 0 atom stereocenters. The summed E-state index contributed by atoms with van der Waals surface area (Å²) in [7, 11) is 1.65. The molecule has 1 aromatic rings. The molecule has 1 heterocycles. The third kappa shape index (κ3) is 1.05. The summed E-state index contributed by atoms with van der Waals surface area (Å²) >= 11 is 0. The van der Waals surface area contributed by atoms with E-state index < -0.39 is 0 Å². The summed E-state index contributed by atoms with van der Waals surface area (Å²) in [6.45, 7) is 4.76. The molecule has 76 valence electrons. The molecular weight excluding hydrogens is 178 g/mol. The first-order valence-electron chi connectivity index (χ1n) is 4.75. The Kier molecular flexibility index (Phi) is 2.02. The van der Waals surface area contributed by atoms with Gasteiger partial charge in [-0.3, -0.25) is 0 Å². The Morgan fingerprint density at radius 2 is 2.00 bits per heavy atom. The van der Waals surface area contributed by atoms with Crippen LogP contribution in [0.1, 0.15) is 16.7 Å². The summed E-state index contributed by atoms with van der Waals surface area (Å²) in [5.41, 5.74) is 10.0. The minimum absolute atomic E-state index is 0.732. The number of ether oxygens (including phenoxy) is 2. The third-order valence-corrected chi connectivity index (χ3v) is 2.90. The average molecular weight is 193 g/mol. The van der Waals surface area contributed by atoms with Crippen LogP contribution in [0.2, 0.25) is 0 Å². The fourth-order valence-electron chi connectivity index (χ4n) is 1.95. The van der Waals surface area contributed by atoms with Gasteiger partial charge in [-0.2, -0.15) is 0 Å². The van der Waals surface area contributed by atoms with Gasteiger partial charge in [-0.25, -0.2) is 0 Å². The average Bonchev–Trinajstić information content (AvgIpc) is 2.64. The van der Waals surface area contributed by atoms with Gasteiger partial charge in [0.1, 0.15) is 11.5 Å². The van der Waals surface area contributed by atoms with Crippen molar-refractivity contribution in [1.82, 2.24) is 0 Å². The predicted octanol–water partition coefficient (Wildman–Crippen LogP) is 1.83. The lowest BCUT2D eigenvalue weighted by molar-refractivity contribution is 0.354. The topological polar surface area (TPSA) is 44.5 Å². The molecule has 0 radical (unpaired) electrons. The van der Waals surface area contributed by atoms with Crippen LogP contribution in [-0.2, 0) is 6.42 Å². The Labute approximate surface area is 83.8 Å². The minimum atomic E-state index is 0.732. The van der Waals surface area contributed by atoms with Crippen molar-refractivity contribution in [2.24, 2.45) is 0 Å². The van der Waals surface area contributed by atoms with Crippen molar-refractivity contribution in [1.29, 1.82) is 0 Å². The first kappa shape index (κ1) is 9.19. The zero-order valence-corrected chi connectivity index (χ0v) is 8.81. The lowest BCUT2D eigenvalue weighted by atomic mass is 10.0. The van der Waals surface area contributed by atoms with E-state index in [0.29, 0.717) is 0 Å². The lowest BCUT2D eigenvalue weighted by Crippen LogP contribution is -2.01. The highest BCUT2D eigenvalue weighted by Gasteiger charge is 2.23. The number of methoxy groups -OCH3 is 1. The van der Waals surface area contributed by atoms with Gasteiger partial charge >= 0.3 is 0 Å². The molecule has 0 saturated carbocycles. The van der Waals surface area contributed by atoms with E-state index in [1.165, 1.54) is 0 Å². The molecule has 0 fully saturated rings. The zero-order valence-electron chi connectivity index (χ0n) is 8.81. The van der Waals surface area contributed by atoms with Gasteiger partial charge in [0.15, 0.2) is 0 Å². The quantitative estimate of drug-likeness (QED) is 0.692.